The minimum atomic E-state index is -0.378. The molecule has 0 saturated carbocycles. The molecule has 0 atom stereocenters. The van der Waals surface area contributed by atoms with Crippen LogP contribution in [0, 0.1) is 12.3 Å². The van der Waals surface area contributed by atoms with Gasteiger partial charge in [0.15, 0.2) is 11.7 Å². The van der Waals surface area contributed by atoms with Gasteiger partial charge in [0.1, 0.15) is 5.69 Å². The number of amides is 2. The molecule has 0 spiro atoms. The summed E-state index contributed by atoms with van der Waals surface area (Å²) in [7, 11) is 0. The first-order valence-corrected chi connectivity index (χ1v) is 10.8. The highest BCUT2D eigenvalue weighted by molar-refractivity contribution is 7.22. The van der Waals surface area contributed by atoms with Crippen molar-refractivity contribution in [2.45, 2.75) is 18.8 Å². The van der Waals surface area contributed by atoms with Crippen molar-refractivity contribution in [1.82, 2.24) is 14.9 Å². The summed E-state index contributed by atoms with van der Waals surface area (Å²) < 4.78 is 5.99. The molecule has 1 aliphatic heterocycles. The van der Waals surface area contributed by atoms with Gasteiger partial charge in [-0.1, -0.05) is 29.4 Å². The van der Waals surface area contributed by atoms with Crippen LogP contribution in [-0.2, 0) is 4.74 Å². The number of carbonyl (C=O) groups excluding carboxylic acids is 2. The highest BCUT2D eigenvalue weighted by Crippen LogP contribution is 2.31. The van der Waals surface area contributed by atoms with E-state index in [0.717, 1.165) is 28.1 Å². The molecule has 7 nitrogen and oxygen atoms in total. The number of likely N-dealkylation sites (tertiary alicyclic amines) is 1. The molecule has 1 N–H and O–H groups in total. The fourth-order valence-electron chi connectivity index (χ4n) is 3.17. The molecule has 1 aliphatic rings. The Balaban J connectivity index is 1.35. The third-order valence-electron chi connectivity index (χ3n) is 4.65. The summed E-state index contributed by atoms with van der Waals surface area (Å²) in [4.78, 5) is 35.0. The first-order chi connectivity index (χ1) is 14.1. The molecule has 2 aromatic heterocycles. The standard InChI is InChI=1S/C20H18N4O3S2/c1-2-11-27-20(26)24-9-7-13(8-10-24)18-21-15(12-28-18)17(25)23-19-22-14-5-3-4-6-16(14)29-19/h1,3-6,12-13H,7-11H2,(H,22,23,25). The van der Waals surface area contributed by atoms with Crippen molar-refractivity contribution in [3.63, 3.8) is 0 Å². The van der Waals surface area contributed by atoms with Crippen molar-refractivity contribution >= 4 is 50.0 Å². The van der Waals surface area contributed by atoms with E-state index in [1.807, 2.05) is 24.3 Å². The third-order valence-corrected chi connectivity index (χ3v) is 6.61. The van der Waals surface area contributed by atoms with E-state index >= 15 is 0 Å². The van der Waals surface area contributed by atoms with Crippen molar-refractivity contribution in [1.29, 1.82) is 0 Å². The van der Waals surface area contributed by atoms with Gasteiger partial charge < -0.3 is 9.64 Å². The van der Waals surface area contributed by atoms with Crippen LogP contribution in [0.1, 0.15) is 34.3 Å². The van der Waals surface area contributed by atoms with Crippen LogP contribution in [0.5, 0.6) is 0 Å². The first kappa shape index (κ1) is 19.4. The average molecular weight is 427 g/mol. The number of aromatic nitrogens is 2. The number of rotatable bonds is 4. The summed E-state index contributed by atoms with van der Waals surface area (Å²) in [6, 6.07) is 7.74. The van der Waals surface area contributed by atoms with Crippen LogP contribution in [0.3, 0.4) is 0 Å². The summed E-state index contributed by atoms with van der Waals surface area (Å²) in [5, 5.41) is 6.07. The van der Waals surface area contributed by atoms with Gasteiger partial charge in [0, 0.05) is 24.4 Å². The van der Waals surface area contributed by atoms with Gasteiger partial charge in [0.2, 0.25) is 0 Å². The fraction of sp³-hybridized carbons (Fsp3) is 0.300. The number of hydrogen-bond acceptors (Lipinski definition) is 7. The van der Waals surface area contributed by atoms with Crippen LogP contribution in [-0.4, -0.2) is 46.6 Å². The zero-order chi connectivity index (χ0) is 20.2. The van der Waals surface area contributed by atoms with Crippen LogP contribution in [0.4, 0.5) is 9.93 Å². The van der Waals surface area contributed by atoms with Crippen LogP contribution >= 0.6 is 22.7 Å². The number of ether oxygens (including phenoxy) is 1. The number of hydrogen-bond donors (Lipinski definition) is 1. The van der Waals surface area contributed by atoms with Crippen LogP contribution in [0.15, 0.2) is 29.6 Å². The van der Waals surface area contributed by atoms with E-state index in [9.17, 15) is 9.59 Å². The lowest BCUT2D eigenvalue weighted by Gasteiger charge is -2.30. The molecule has 0 bridgehead atoms. The van der Waals surface area contributed by atoms with E-state index in [-0.39, 0.29) is 24.5 Å². The monoisotopic (exact) mass is 426 g/mol. The molecular formula is C20H18N4O3S2. The summed E-state index contributed by atoms with van der Waals surface area (Å²) in [6.45, 7) is 1.15. The number of nitrogens with one attached hydrogen (secondary N) is 1. The molecule has 3 aromatic rings. The number of carbonyl (C=O) groups is 2. The van der Waals surface area contributed by atoms with E-state index < -0.39 is 0 Å². The molecule has 2 amide bonds. The van der Waals surface area contributed by atoms with Crippen LogP contribution in [0.25, 0.3) is 10.2 Å². The molecule has 1 saturated heterocycles. The highest BCUT2D eigenvalue weighted by Gasteiger charge is 2.27. The van der Waals surface area contributed by atoms with Crippen LogP contribution < -0.4 is 5.32 Å². The molecule has 0 aliphatic carbocycles. The number of terminal acetylenes is 1. The molecule has 1 fully saturated rings. The van der Waals surface area contributed by atoms with Gasteiger partial charge >= 0.3 is 6.09 Å². The van der Waals surface area contributed by atoms with Crippen molar-refractivity contribution in [3.05, 3.63) is 40.3 Å². The Morgan fingerprint density at radius 3 is 2.83 bits per heavy atom. The number of anilines is 1. The smallest absolute Gasteiger partial charge is 0.410 e. The Bertz CT molecular complexity index is 1040. The molecule has 0 radical (unpaired) electrons. The topological polar surface area (TPSA) is 84.4 Å². The molecule has 29 heavy (non-hydrogen) atoms. The molecular weight excluding hydrogens is 408 g/mol. The maximum atomic E-state index is 12.5. The zero-order valence-electron chi connectivity index (χ0n) is 15.5. The van der Waals surface area contributed by atoms with Crippen molar-refractivity contribution in [2.75, 3.05) is 25.0 Å². The van der Waals surface area contributed by atoms with E-state index in [1.165, 1.54) is 22.7 Å². The highest BCUT2D eigenvalue weighted by atomic mass is 32.1. The van der Waals surface area contributed by atoms with Gasteiger partial charge in [-0.05, 0) is 25.0 Å². The Labute approximate surface area is 175 Å². The third kappa shape index (κ3) is 4.39. The van der Waals surface area contributed by atoms with E-state index in [0.29, 0.717) is 23.9 Å². The number of benzene rings is 1. The molecule has 1 aromatic carbocycles. The largest absolute Gasteiger partial charge is 0.436 e. The Hall–Kier alpha value is -2.96. The number of piperidine rings is 1. The second-order valence-electron chi connectivity index (χ2n) is 6.53. The second kappa shape index (κ2) is 8.59. The summed E-state index contributed by atoms with van der Waals surface area (Å²) in [5.74, 6) is 2.25. The van der Waals surface area contributed by atoms with Crippen molar-refractivity contribution < 1.29 is 14.3 Å². The predicted molar refractivity (Wildman–Crippen MR) is 113 cm³/mol. The Morgan fingerprint density at radius 1 is 1.28 bits per heavy atom. The van der Waals surface area contributed by atoms with Gasteiger partial charge in [-0.2, -0.15) is 0 Å². The summed E-state index contributed by atoms with van der Waals surface area (Å²) in [6.07, 6.45) is 6.28. The van der Waals surface area contributed by atoms with E-state index in [2.05, 4.69) is 21.2 Å². The minimum Gasteiger partial charge on any atom is -0.436 e. The Morgan fingerprint density at radius 2 is 2.07 bits per heavy atom. The van der Waals surface area contributed by atoms with Gasteiger partial charge in [-0.3, -0.25) is 10.1 Å². The minimum absolute atomic E-state index is 0.0155. The first-order valence-electron chi connectivity index (χ1n) is 9.11. The SMILES string of the molecule is C#CCOC(=O)N1CCC(c2nc(C(=O)Nc3nc4ccccc4s3)cs2)CC1. The predicted octanol–water partition coefficient (Wildman–Crippen LogP) is 3.95. The number of fused-ring (bicyclic) bond motifs is 1. The summed E-state index contributed by atoms with van der Waals surface area (Å²) >= 11 is 2.91. The van der Waals surface area contributed by atoms with Gasteiger partial charge in [0.25, 0.3) is 5.91 Å². The molecule has 148 valence electrons. The van der Waals surface area contributed by atoms with E-state index in [1.54, 1.807) is 10.3 Å². The van der Waals surface area contributed by atoms with Gasteiger partial charge in [-0.15, -0.1) is 17.8 Å². The maximum absolute atomic E-state index is 12.5. The molecule has 0 unspecified atom stereocenters. The van der Waals surface area contributed by atoms with Crippen molar-refractivity contribution in [2.24, 2.45) is 0 Å². The lowest BCUT2D eigenvalue weighted by atomic mass is 9.98. The summed E-state index contributed by atoms with van der Waals surface area (Å²) in [5.41, 5.74) is 1.25. The molecule has 3 heterocycles. The normalized spacial score (nSPS) is 14.5. The number of para-hydroxylation sites is 1. The lowest BCUT2D eigenvalue weighted by Crippen LogP contribution is -2.38. The molecule has 4 rings (SSSR count). The maximum Gasteiger partial charge on any atom is 0.410 e. The fourth-order valence-corrected chi connectivity index (χ4v) is 5.00. The van der Waals surface area contributed by atoms with E-state index in [4.69, 9.17) is 11.2 Å². The number of thiazole rings is 2. The molecule has 9 heteroatoms. The van der Waals surface area contributed by atoms with Crippen molar-refractivity contribution in [3.8, 4) is 12.3 Å². The lowest BCUT2D eigenvalue weighted by molar-refractivity contribution is 0.102. The number of nitrogens with zero attached hydrogens (tertiary/aromatic N) is 3. The average Bonchev–Trinajstić information content (AvgIpc) is 3.39. The van der Waals surface area contributed by atoms with Crippen LogP contribution in [0.2, 0.25) is 0 Å². The van der Waals surface area contributed by atoms with Gasteiger partial charge in [-0.25, -0.2) is 14.8 Å². The van der Waals surface area contributed by atoms with Gasteiger partial charge in [0.05, 0.1) is 15.2 Å². The Kier molecular flexibility index (Phi) is 5.74. The second-order valence-corrected chi connectivity index (χ2v) is 8.45. The zero-order valence-corrected chi connectivity index (χ0v) is 17.1. The quantitative estimate of drug-likeness (QED) is 0.639.